The number of piperidine rings is 3. The lowest BCUT2D eigenvalue weighted by Gasteiger charge is -2.47. The van der Waals surface area contributed by atoms with Crippen molar-refractivity contribution < 1.29 is 14.2 Å². The van der Waals surface area contributed by atoms with Crippen molar-refractivity contribution in [2.45, 2.75) is 38.2 Å². The fraction of sp³-hybridized carbons (Fsp3) is 0.458. The largest absolute Gasteiger partial charge is 0.478 e. The van der Waals surface area contributed by atoms with Gasteiger partial charge in [0.15, 0.2) is 0 Å². The molecule has 1 aromatic carbocycles. The van der Waals surface area contributed by atoms with E-state index in [0.717, 1.165) is 49.2 Å². The molecule has 3 aliphatic heterocycles. The number of aromatic nitrogens is 1. The van der Waals surface area contributed by atoms with Crippen molar-refractivity contribution >= 4 is 0 Å². The molecule has 3 saturated heterocycles. The minimum absolute atomic E-state index is 0.237. The van der Waals surface area contributed by atoms with Crippen LogP contribution in [0.4, 0.5) is 4.39 Å². The number of hydrogen-bond donors (Lipinski definition) is 1. The van der Waals surface area contributed by atoms with E-state index in [2.05, 4.69) is 21.7 Å². The number of fused-ring (bicyclic) bond motifs is 3. The summed E-state index contributed by atoms with van der Waals surface area (Å²) in [6, 6.07) is 10.2. The summed E-state index contributed by atoms with van der Waals surface area (Å²) in [6.45, 7) is 5.37. The van der Waals surface area contributed by atoms with Gasteiger partial charge >= 0.3 is 0 Å². The maximum absolute atomic E-state index is 13.3. The number of nitrogens with zero attached hydrogens (tertiary/aromatic N) is 2. The highest BCUT2D eigenvalue weighted by atomic mass is 19.1. The Labute approximate surface area is 171 Å². The summed E-state index contributed by atoms with van der Waals surface area (Å²) in [6.07, 6.45) is 3.42. The molecule has 4 heterocycles. The first kappa shape index (κ1) is 19.9. The van der Waals surface area contributed by atoms with Crippen molar-refractivity contribution in [2.24, 2.45) is 5.92 Å². The zero-order valence-electron chi connectivity index (χ0n) is 16.8. The quantitative estimate of drug-likeness (QED) is 0.790. The van der Waals surface area contributed by atoms with Crippen LogP contribution >= 0.6 is 0 Å². The molecule has 0 amide bonds. The van der Waals surface area contributed by atoms with Crippen LogP contribution in [0.1, 0.15) is 43.0 Å². The van der Waals surface area contributed by atoms with Crippen LogP contribution in [-0.4, -0.2) is 46.8 Å². The Hall–Kier alpha value is -2.42. The first-order valence-electron chi connectivity index (χ1n) is 10.4. The zero-order chi connectivity index (χ0) is 20.3. The second-order valence-electron chi connectivity index (χ2n) is 8.02. The Kier molecular flexibility index (Phi) is 5.84. The molecule has 3 fully saturated rings. The van der Waals surface area contributed by atoms with Gasteiger partial charge in [-0.1, -0.05) is 30.9 Å². The first-order valence-corrected chi connectivity index (χ1v) is 10.4. The average Bonchev–Trinajstić information content (AvgIpc) is 2.74. The third-order valence-electron chi connectivity index (χ3n) is 5.83. The lowest BCUT2D eigenvalue weighted by Crippen LogP contribution is -2.58. The van der Waals surface area contributed by atoms with E-state index in [-0.39, 0.29) is 11.7 Å². The molecule has 0 aliphatic carbocycles. The minimum Gasteiger partial charge on any atom is -0.478 e. The Morgan fingerprint density at radius 2 is 1.97 bits per heavy atom. The van der Waals surface area contributed by atoms with Crippen LogP contribution in [0.25, 0.3) is 0 Å². The van der Waals surface area contributed by atoms with Crippen molar-refractivity contribution in [2.75, 3.05) is 26.2 Å². The topological polar surface area (TPSA) is 45.6 Å². The molecule has 5 rings (SSSR count). The van der Waals surface area contributed by atoms with Crippen molar-refractivity contribution in [1.82, 2.24) is 9.88 Å². The molecule has 0 radical (unpaired) electrons. The minimum atomic E-state index is -0.957. The number of ether oxygens (including phenoxy) is 1. The van der Waals surface area contributed by atoms with Gasteiger partial charge in [0, 0.05) is 30.5 Å². The van der Waals surface area contributed by atoms with E-state index in [1.54, 1.807) is 12.1 Å². The van der Waals surface area contributed by atoms with Gasteiger partial charge in [-0.15, -0.1) is 0 Å². The van der Waals surface area contributed by atoms with Gasteiger partial charge in [-0.3, -0.25) is 4.90 Å². The molecule has 2 aromatic rings. The molecule has 3 aliphatic rings. The van der Waals surface area contributed by atoms with Crippen LogP contribution in [0.5, 0.6) is 5.88 Å². The van der Waals surface area contributed by atoms with Gasteiger partial charge in [-0.05, 0) is 56.1 Å². The average molecular weight is 394 g/mol. The van der Waals surface area contributed by atoms with Gasteiger partial charge in [0.25, 0.3) is 0 Å². The lowest BCUT2D eigenvalue weighted by atomic mass is 9.75. The molecular formula is C24H27FN2O2. The molecule has 5 heteroatoms. The fourth-order valence-corrected chi connectivity index (χ4v) is 4.17. The summed E-state index contributed by atoms with van der Waals surface area (Å²) in [5, 5.41) is 11.1. The van der Waals surface area contributed by atoms with Crippen molar-refractivity contribution in [3.8, 4) is 17.7 Å². The molecular weight excluding hydrogens is 367 g/mol. The van der Waals surface area contributed by atoms with E-state index in [1.165, 1.54) is 12.1 Å². The Morgan fingerprint density at radius 3 is 2.62 bits per heavy atom. The summed E-state index contributed by atoms with van der Waals surface area (Å²) >= 11 is 0. The highest BCUT2D eigenvalue weighted by Gasteiger charge is 2.44. The molecule has 1 atom stereocenters. The molecule has 1 unspecified atom stereocenters. The smallest absolute Gasteiger partial charge is 0.213 e. The predicted octanol–water partition coefficient (Wildman–Crippen LogP) is 3.41. The van der Waals surface area contributed by atoms with Crippen LogP contribution < -0.4 is 4.74 Å². The normalized spacial score (nSPS) is 25.3. The number of pyridine rings is 1. The van der Waals surface area contributed by atoms with Crippen molar-refractivity contribution in [3.63, 3.8) is 0 Å². The number of benzene rings is 1. The molecule has 29 heavy (non-hydrogen) atoms. The van der Waals surface area contributed by atoms with Crippen LogP contribution in [0.3, 0.4) is 0 Å². The Bertz CT molecular complexity index is 911. The number of aliphatic hydroxyl groups is 1. The first-order chi connectivity index (χ1) is 14.1. The number of hydrogen-bond acceptors (Lipinski definition) is 4. The molecule has 2 bridgehead atoms. The summed E-state index contributed by atoms with van der Waals surface area (Å²) in [4.78, 5) is 6.94. The third kappa shape index (κ3) is 4.60. The monoisotopic (exact) mass is 394 g/mol. The van der Waals surface area contributed by atoms with Gasteiger partial charge in [0.05, 0.1) is 12.3 Å². The Balaban J connectivity index is 1.62. The van der Waals surface area contributed by atoms with Crippen molar-refractivity contribution in [3.05, 3.63) is 59.0 Å². The van der Waals surface area contributed by atoms with E-state index in [9.17, 15) is 9.50 Å². The van der Waals surface area contributed by atoms with Gasteiger partial charge < -0.3 is 9.84 Å². The Morgan fingerprint density at radius 1 is 1.21 bits per heavy atom. The number of halogens is 1. The summed E-state index contributed by atoms with van der Waals surface area (Å²) in [7, 11) is 0. The molecule has 1 aromatic heterocycles. The highest BCUT2D eigenvalue weighted by molar-refractivity contribution is 5.44. The predicted molar refractivity (Wildman–Crippen MR) is 110 cm³/mol. The molecule has 0 spiro atoms. The maximum atomic E-state index is 13.3. The van der Waals surface area contributed by atoms with Crippen LogP contribution in [-0.2, 0) is 6.42 Å². The fourth-order valence-electron chi connectivity index (χ4n) is 4.17. The summed E-state index contributed by atoms with van der Waals surface area (Å²) in [5.74, 6) is 6.92. The summed E-state index contributed by atoms with van der Waals surface area (Å²) in [5.41, 5.74) is 1.56. The van der Waals surface area contributed by atoms with Gasteiger partial charge in [-0.2, -0.15) is 0 Å². The standard InChI is InChI=1S/C24H27FN2O2/c1-2-15-29-23-8-5-19(22(26-23)16-18-3-6-21(25)7-4-18)9-12-24(28)17-27-13-10-20(24)11-14-27/h3-8,20,28H,2,10-11,13-17H2,1H3. The molecule has 1 N–H and O–H groups in total. The van der Waals surface area contributed by atoms with E-state index in [1.807, 2.05) is 19.1 Å². The van der Waals surface area contributed by atoms with E-state index in [4.69, 9.17) is 4.74 Å². The lowest BCUT2D eigenvalue weighted by molar-refractivity contribution is -0.0713. The van der Waals surface area contributed by atoms with Gasteiger partial charge in [-0.25, -0.2) is 9.37 Å². The van der Waals surface area contributed by atoms with Crippen LogP contribution in [0, 0.1) is 23.6 Å². The summed E-state index contributed by atoms with van der Waals surface area (Å²) < 4.78 is 18.9. The second kappa shape index (κ2) is 8.52. The third-order valence-corrected chi connectivity index (χ3v) is 5.83. The second-order valence-corrected chi connectivity index (χ2v) is 8.02. The SMILES string of the molecule is CCCOc1ccc(C#CC2(O)CN3CCC2CC3)c(Cc2ccc(F)cc2)n1. The molecule has 152 valence electrons. The highest BCUT2D eigenvalue weighted by Crippen LogP contribution is 2.35. The van der Waals surface area contributed by atoms with Gasteiger partial charge in [0.2, 0.25) is 5.88 Å². The van der Waals surface area contributed by atoms with Gasteiger partial charge in [0.1, 0.15) is 11.4 Å². The zero-order valence-corrected chi connectivity index (χ0v) is 16.8. The van der Waals surface area contributed by atoms with E-state index < -0.39 is 5.60 Å². The molecule has 4 nitrogen and oxygen atoms in total. The van der Waals surface area contributed by atoms with Crippen LogP contribution in [0.15, 0.2) is 36.4 Å². The number of rotatable bonds is 5. The van der Waals surface area contributed by atoms with Crippen LogP contribution in [0.2, 0.25) is 0 Å². The molecule has 0 saturated carbocycles. The maximum Gasteiger partial charge on any atom is 0.213 e. The van der Waals surface area contributed by atoms with E-state index in [0.29, 0.717) is 25.5 Å². The van der Waals surface area contributed by atoms with Crippen molar-refractivity contribution in [1.29, 1.82) is 0 Å². The van der Waals surface area contributed by atoms with E-state index >= 15 is 0 Å².